The van der Waals surface area contributed by atoms with Crippen molar-refractivity contribution >= 4 is 11.6 Å². The van der Waals surface area contributed by atoms with Crippen LogP contribution in [0.5, 0.6) is 0 Å². The molecule has 0 saturated heterocycles. The van der Waals surface area contributed by atoms with E-state index in [0.717, 1.165) is 0 Å². The third-order valence-electron chi connectivity index (χ3n) is 1.67. The zero-order chi connectivity index (χ0) is 9.14. The van der Waals surface area contributed by atoms with Gasteiger partial charge in [0.25, 0.3) is 0 Å². The number of halogens is 1. The number of hydrogen-bond donors (Lipinski definition) is 0. The number of hydrogen-bond acceptors (Lipinski definition) is 2. The van der Waals surface area contributed by atoms with E-state index in [2.05, 4.69) is 0 Å². The first-order chi connectivity index (χ1) is 5.63. The van der Waals surface area contributed by atoms with E-state index in [1.165, 1.54) is 6.92 Å². The Hall–Kier alpha value is -1.09. The van der Waals surface area contributed by atoms with Gasteiger partial charge in [-0.05, 0) is 6.07 Å². The van der Waals surface area contributed by atoms with Crippen molar-refractivity contribution in [3.8, 4) is 0 Å². The molecule has 0 aliphatic carbocycles. The average molecular weight is 186 g/mol. The molecule has 12 heavy (non-hydrogen) atoms. The molecule has 0 aromatic heterocycles. The molecule has 0 radical (unpaired) electrons. The quantitative estimate of drug-likeness (QED) is 0.525. The first-order valence-corrected chi connectivity index (χ1v) is 3.88. The minimum atomic E-state index is -0.737. The second-order valence-electron chi connectivity index (χ2n) is 2.48. The van der Waals surface area contributed by atoms with Crippen LogP contribution in [0.25, 0.3) is 0 Å². The second kappa shape index (κ2) is 3.54. The van der Waals surface area contributed by atoms with E-state index in [9.17, 15) is 10.1 Å². The average Bonchev–Trinajstić information content (AvgIpc) is 2.04. The number of rotatable bonds is 2. The van der Waals surface area contributed by atoms with Gasteiger partial charge in [0, 0.05) is 17.4 Å². The van der Waals surface area contributed by atoms with Crippen LogP contribution in [0.15, 0.2) is 24.3 Å². The SMILES string of the molecule is CC(c1ccccc1Cl)[N+](=O)[O-]. The molecule has 0 amide bonds. The van der Waals surface area contributed by atoms with E-state index < -0.39 is 6.04 Å². The van der Waals surface area contributed by atoms with Crippen molar-refractivity contribution in [2.75, 3.05) is 0 Å². The zero-order valence-electron chi connectivity index (χ0n) is 6.53. The van der Waals surface area contributed by atoms with Crippen LogP contribution < -0.4 is 0 Å². The molecule has 64 valence electrons. The van der Waals surface area contributed by atoms with Gasteiger partial charge >= 0.3 is 0 Å². The smallest absolute Gasteiger partial charge is 0.236 e. The number of nitro groups is 1. The summed E-state index contributed by atoms with van der Waals surface area (Å²) in [5.74, 6) is 0. The lowest BCUT2D eigenvalue weighted by atomic mass is 10.1. The summed E-state index contributed by atoms with van der Waals surface area (Å²) in [5.41, 5.74) is 0.559. The van der Waals surface area contributed by atoms with E-state index >= 15 is 0 Å². The molecule has 4 heteroatoms. The molecule has 0 saturated carbocycles. The van der Waals surface area contributed by atoms with Crippen LogP contribution in [0, 0.1) is 10.1 Å². The maximum Gasteiger partial charge on any atom is 0.236 e. The highest BCUT2D eigenvalue weighted by atomic mass is 35.5. The molecule has 0 spiro atoms. The first-order valence-electron chi connectivity index (χ1n) is 3.51. The molecule has 0 aliphatic heterocycles. The predicted molar refractivity (Wildman–Crippen MR) is 46.9 cm³/mol. The van der Waals surface area contributed by atoms with Gasteiger partial charge in [0.15, 0.2) is 0 Å². The summed E-state index contributed by atoms with van der Waals surface area (Å²) in [6.45, 7) is 1.52. The fraction of sp³-hybridized carbons (Fsp3) is 0.250. The van der Waals surface area contributed by atoms with Crippen LogP contribution in [0.2, 0.25) is 5.02 Å². The van der Waals surface area contributed by atoms with Crippen molar-refractivity contribution in [3.63, 3.8) is 0 Å². The zero-order valence-corrected chi connectivity index (χ0v) is 7.28. The van der Waals surface area contributed by atoms with Gasteiger partial charge in [-0.3, -0.25) is 10.1 Å². The fourth-order valence-corrected chi connectivity index (χ4v) is 1.22. The highest BCUT2D eigenvalue weighted by Crippen LogP contribution is 2.23. The Labute approximate surface area is 75.1 Å². The summed E-state index contributed by atoms with van der Waals surface area (Å²) < 4.78 is 0. The van der Waals surface area contributed by atoms with E-state index in [1.807, 2.05) is 0 Å². The molecule has 1 rings (SSSR count). The molecule has 1 atom stereocenters. The lowest BCUT2D eigenvalue weighted by Gasteiger charge is -2.04. The monoisotopic (exact) mass is 185 g/mol. The van der Waals surface area contributed by atoms with Crippen molar-refractivity contribution in [1.82, 2.24) is 0 Å². The maximum absolute atomic E-state index is 10.4. The third-order valence-corrected chi connectivity index (χ3v) is 2.02. The van der Waals surface area contributed by atoms with E-state index in [0.29, 0.717) is 10.6 Å². The van der Waals surface area contributed by atoms with Gasteiger partial charge in [0.05, 0.1) is 5.02 Å². The third kappa shape index (κ3) is 1.74. The summed E-state index contributed by atoms with van der Waals surface area (Å²) in [6.07, 6.45) is 0. The van der Waals surface area contributed by atoms with Gasteiger partial charge in [0.1, 0.15) is 0 Å². The second-order valence-corrected chi connectivity index (χ2v) is 2.89. The molecule has 1 unspecified atom stereocenters. The Morgan fingerprint density at radius 1 is 1.50 bits per heavy atom. The van der Waals surface area contributed by atoms with Crippen LogP contribution in [0.1, 0.15) is 18.5 Å². The van der Waals surface area contributed by atoms with E-state index in [-0.39, 0.29) is 4.92 Å². The summed E-state index contributed by atoms with van der Waals surface area (Å²) in [7, 11) is 0. The summed E-state index contributed by atoms with van der Waals surface area (Å²) in [6, 6.07) is 6.06. The molecule has 3 nitrogen and oxygen atoms in total. The van der Waals surface area contributed by atoms with Gasteiger partial charge in [0.2, 0.25) is 6.04 Å². The minimum absolute atomic E-state index is 0.360. The van der Waals surface area contributed by atoms with Gasteiger partial charge in [-0.25, -0.2) is 0 Å². The van der Waals surface area contributed by atoms with Crippen LogP contribution in [0.4, 0.5) is 0 Å². The van der Waals surface area contributed by atoms with Crippen LogP contribution >= 0.6 is 11.6 Å². The molecule has 0 N–H and O–H groups in total. The Morgan fingerprint density at radius 2 is 2.08 bits per heavy atom. The molecule has 0 heterocycles. The highest BCUT2D eigenvalue weighted by Gasteiger charge is 2.17. The molecular formula is C8H8ClNO2. The van der Waals surface area contributed by atoms with Crippen molar-refractivity contribution in [3.05, 3.63) is 45.0 Å². The van der Waals surface area contributed by atoms with E-state index in [1.54, 1.807) is 24.3 Å². The molecule has 0 fully saturated rings. The van der Waals surface area contributed by atoms with Gasteiger partial charge < -0.3 is 0 Å². The Balaban J connectivity index is 3.02. The summed E-state index contributed by atoms with van der Waals surface area (Å²) in [5, 5.41) is 10.8. The van der Waals surface area contributed by atoms with Crippen molar-refractivity contribution in [2.45, 2.75) is 13.0 Å². The molecule has 0 bridgehead atoms. The van der Waals surface area contributed by atoms with Crippen molar-refractivity contribution < 1.29 is 4.92 Å². The Bertz CT molecular complexity index is 301. The lowest BCUT2D eigenvalue weighted by molar-refractivity contribution is -0.524. The largest absolute Gasteiger partial charge is 0.264 e. The molecule has 1 aromatic carbocycles. The minimum Gasteiger partial charge on any atom is -0.264 e. The lowest BCUT2D eigenvalue weighted by Crippen LogP contribution is -2.06. The van der Waals surface area contributed by atoms with Crippen molar-refractivity contribution in [2.24, 2.45) is 0 Å². The summed E-state index contributed by atoms with van der Waals surface area (Å²) >= 11 is 5.76. The molecule has 1 aromatic rings. The van der Waals surface area contributed by atoms with Crippen LogP contribution in [-0.4, -0.2) is 4.92 Å². The normalized spacial score (nSPS) is 12.5. The van der Waals surface area contributed by atoms with Crippen LogP contribution in [-0.2, 0) is 0 Å². The Kier molecular flexibility index (Phi) is 2.65. The molecule has 0 aliphatic rings. The van der Waals surface area contributed by atoms with Crippen LogP contribution in [0.3, 0.4) is 0 Å². The van der Waals surface area contributed by atoms with Crippen molar-refractivity contribution in [1.29, 1.82) is 0 Å². The molecular weight excluding hydrogens is 178 g/mol. The number of nitrogens with zero attached hydrogens (tertiary/aromatic N) is 1. The first kappa shape index (κ1) is 9.00. The van der Waals surface area contributed by atoms with E-state index in [4.69, 9.17) is 11.6 Å². The fourth-order valence-electron chi connectivity index (χ4n) is 0.927. The topological polar surface area (TPSA) is 43.1 Å². The highest BCUT2D eigenvalue weighted by molar-refractivity contribution is 6.31. The van der Waals surface area contributed by atoms with Gasteiger partial charge in [-0.1, -0.05) is 29.8 Å². The van der Waals surface area contributed by atoms with Gasteiger partial charge in [-0.2, -0.15) is 0 Å². The Morgan fingerprint density at radius 3 is 2.58 bits per heavy atom. The predicted octanol–water partition coefficient (Wildman–Crippen LogP) is 2.68. The summed E-state index contributed by atoms with van der Waals surface area (Å²) in [4.78, 5) is 10.0. The maximum atomic E-state index is 10.4. The number of benzene rings is 1. The van der Waals surface area contributed by atoms with Gasteiger partial charge in [-0.15, -0.1) is 0 Å². The standard InChI is InChI=1S/C8H8ClNO2/c1-6(10(11)12)7-4-2-3-5-8(7)9/h2-6H,1H3.